The molecule has 0 spiro atoms. The first-order chi connectivity index (χ1) is 10.7. The molecule has 22 heavy (non-hydrogen) atoms. The molecule has 0 radical (unpaired) electrons. The van der Waals surface area contributed by atoms with Gasteiger partial charge in [-0.3, -0.25) is 0 Å². The molecule has 6 heteroatoms. The van der Waals surface area contributed by atoms with Crippen LogP contribution in [0.2, 0.25) is 5.02 Å². The molecule has 0 unspecified atom stereocenters. The second-order valence-corrected chi connectivity index (χ2v) is 5.93. The molecule has 0 amide bonds. The van der Waals surface area contributed by atoms with Crippen molar-refractivity contribution in [3.63, 3.8) is 0 Å². The highest BCUT2D eigenvalue weighted by Crippen LogP contribution is 2.37. The van der Waals surface area contributed by atoms with Crippen molar-refractivity contribution in [3.8, 4) is 11.1 Å². The van der Waals surface area contributed by atoms with Crippen molar-refractivity contribution in [2.45, 2.75) is 6.54 Å². The fourth-order valence-electron chi connectivity index (χ4n) is 2.28. The first-order valence-electron chi connectivity index (χ1n) is 6.63. The molecule has 1 aromatic heterocycles. The van der Waals surface area contributed by atoms with E-state index in [2.05, 4.69) is 10.3 Å². The number of hydrogen-bond donors (Lipinski definition) is 2. The van der Waals surface area contributed by atoms with Gasteiger partial charge in [0.05, 0.1) is 5.69 Å². The van der Waals surface area contributed by atoms with Gasteiger partial charge in [-0.05, 0) is 29.8 Å². The highest BCUT2D eigenvalue weighted by molar-refractivity contribution is 7.13. The number of hydrogen-bond acceptors (Lipinski definition) is 4. The van der Waals surface area contributed by atoms with Crippen LogP contribution >= 0.6 is 22.9 Å². The Morgan fingerprint density at radius 1 is 1.27 bits per heavy atom. The Balaban J connectivity index is 2.15. The Kier molecular flexibility index (Phi) is 4.38. The van der Waals surface area contributed by atoms with Crippen LogP contribution in [-0.2, 0) is 6.54 Å². The first kappa shape index (κ1) is 15.0. The van der Waals surface area contributed by atoms with Crippen LogP contribution in [0.1, 0.15) is 5.56 Å². The molecule has 0 saturated carbocycles. The van der Waals surface area contributed by atoms with Crippen molar-refractivity contribution >= 4 is 33.8 Å². The maximum Gasteiger partial charge on any atom is 0.187 e. The van der Waals surface area contributed by atoms with Gasteiger partial charge in [0.25, 0.3) is 0 Å². The lowest BCUT2D eigenvalue weighted by atomic mass is 9.98. The molecule has 3 rings (SSSR count). The molecule has 0 aliphatic heterocycles. The van der Waals surface area contributed by atoms with Crippen molar-refractivity contribution in [2.75, 3.05) is 5.32 Å². The molecule has 0 atom stereocenters. The molecule has 0 fully saturated rings. The summed E-state index contributed by atoms with van der Waals surface area (Å²) in [5.41, 5.74) is 8.93. The largest absolute Gasteiger partial charge is 0.331 e. The topological polar surface area (TPSA) is 50.9 Å². The Morgan fingerprint density at radius 3 is 2.86 bits per heavy atom. The van der Waals surface area contributed by atoms with E-state index in [1.54, 1.807) is 18.3 Å². The van der Waals surface area contributed by atoms with Gasteiger partial charge in [0, 0.05) is 34.3 Å². The van der Waals surface area contributed by atoms with Gasteiger partial charge < -0.3 is 11.1 Å². The molecule has 112 valence electrons. The molecule has 3 nitrogen and oxygen atoms in total. The highest BCUT2D eigenvalue weighted by atomic mass is 35.5. The minimum absolute atomic E-state index is 0.329. The molecule has 3 N–H and O–H groups in total. The van der Waals surface area contributed by atoms with Crippen molar-refractivity contribution < 1.29 is 4.39 Å². The molecular formula is C16H13ClFN3S. The molecule has 1 heterocycles. The lowest BCUT2D eigenvalue weighted by molar-refractivity contribution is 0.628. The van der Waals surface area contributed by atoms with Crippen molar-refractivity contribution in [1.82, 2.24) is 4.98 Å². The van der Waals surface area contributed by atoms with Gasteiger partial charge in [-0.1, -0.05) is 23.7 Å². The second-order valence-electron chi connectivity index (χ2n) is 4.63. The van der Waals surface area contributed by atoms with Crippen LogP contribution < -0.4 is 11.1 Å². The van der Waals surface area contributed by atoms with E-state index in [9.17, 15) is 4.39 Å². The fourth-order valence-corrected chi connectivity index (χ4v) is 3.12. The standard InChI is InChI=1S/C16H13ClFN3S/c17-13-3-1-2-10(9-19)15(13)12-5-4-11(18)8-14(12)21-16-20-6-7-22-16/h1-8H,9,19H2,(H,20,21). The number of thiazole rings is 1. The number of anilines is 2. The molecule has 0 bridgehead atoms. The number of benzene rings is 2. The number of nitrogens with two attached hydrogens (primary N) is 1. The Labute approximate surface area is 136 Å². The van der Waals surface area contributed by atoms with Gasteiger partial charge in [0.2, 0.25) is 0 Å². The average molecular weight is 334 g/mol. The molecule has 2 aromatic carbocycles. The van der Waals surface area contributed by atoms with Crippen LogP contribution in [0.25, 0.3) is 11.1 Å². The van der Waals surface area contributed by atoms with Gasteiger partial charge in [0.15, 0.2) is 5.13 Å². The highest BCUT2D eigenvalue weighted by Gasteiger charge is 2.14. The number of nitrogens with zero attached hydrogens (tertiary/aromatic N) is 1. The number of rotatable bonds is 4. The van der Waals surface area contributed by atoms with E-state index >= 15 is 0 Å². The van der Waals surface area contributed by atoms with Gasteiger partial charge in [-0.15, -0.1) is 11.3 Å². The van der Waals surface area contributed by atoms with E-state index in [0.29, 0.717) is 22.4 Å². The summed E-state index contributed by atoms with van der Waals surface area (Å²) in [6.45, 7) is 0.351. The lowest BCUT2D eigenvalue weighted by Gasteiger charge is -2.15. The SMILES string of the molecule is NCc1cccc(Cl)c1-c1ccc(F)cc1Nc1nccs1. The summed E-state index contributed by atoms with van der Waals surface area (Å²) in [4.78, 5) is 4.17. The third-order valence-electron chi connectivity index (χ3n) is 3.24. The quantitative estimate of drug-likeness (QED) is 0.720. The zero-order valence-electron chi connectivity index (χ0n) is 11.5. The maximum absolute atomic E-state index is 13.7. The summed E-state index contributed by atoms with van der Waals surface area (Å²) in [6.07, 6.45) is 1.69. The van der Waals surface area contributed by atoms with Crippen LogP contribution in [0.4, 0.5) is 15.2 Å². The number of halogens is 2. The summed E-state index contributed by atoms with van der Waals surface area (Å²) in [5, 5.41) is 6.26. The molecule has 3 aromatic rings. The fraction of sp³-hybridized carbons (Fsp3) is 0.0625. The minimum Gasteiger partial charge on any atom is -0.331 e. The number of nitrogens with one attached hydrogen (secondary N) is 1. The molecule has 0 saturated heterocycles. The summed E-state index contributed by atoms with van der Waals surface area (Å²) >= 11 is 7.79. The predicted molar refractivity (Wildman–Crippen MR) is 90.1 cm³/mol. The zero-order chi connectivity index (χ0) is 15.5. The van der Waals surface area contributed by atoms with E-state index in [1.807, 2.05) is 17.5 Å². The molecule has 0 aliphatic carbocycles. The monoisotopic (exact) mass is 333 g/mol. The molecule has 0 aliphatic rings. The minimum atomic E-state index is -0.329. The Bertz CT molecular complexity index is 790. The van der Waals surface area contributed by atoms with Gasteiger partial charge in [0.1, 0.15) is 5.82 Å². The third-order valence-corrected chi connectivity index (χ3v) is 4.25. The van der Waals surface area contributed by atoms with E-state index in [-0.39, 0.29) is 5.82 Å². The normalized spacial score (nSPS) is 10.7. The van der Waals surface area contributed by atoms with Crippen LogP contribution in [0.5, 0.6) is 0 Å². The Hall–Kier alpha value is -1.95. The van der Waals surface area contributed by atoms with E-state index in [4.69, 9.17) is 17.3 Å². The van der Waals surface area contributed by atoms with Crippen LogP contribution in [0.3, 0.4) is 0 Å². The van der Waals surface area contributed by atoms with E-state index in [1.165, 1.54) is 23.5 Å². The Morgan fingerprint density at radius 2 is 2.14 bits per heavy atom. The van der Waals surface area contributed by atoms with Crippen molar-refractivity contribution in [2.24, 2.45) is 5.73 Å². The van der Waals surface area contributed by atoms with Crippen LogP contribution in [0.15, 0.2) is 48.0 Å². The smallest absolute Gasteiger partial charge is 0.187 e. The van der Waals surface area contributed by atoms with Crippen LogP contribution in [-0.4, -0.2) is 4.98 Å². The summed E-state index contributed by atoms with van der Waals surface area (Å²) in [5.74, 6) is -0.329. The van der Waals surface area contributed by atoms with Crippen molar-refractivity contribution in [3.05, 3.63) is 64.4 Å². The average Bonchev–Trinajstić information content (AvgIpc) is 3.01. The van der Waals surface area contributed by atoms with Gasteiger partial charge in [-0.2, -0.15) is 0 Å². The summed E-state index contributed by atoms with van der Waals surface area (Å²) in [7, 11) is 0. The van der Waals surface area contributed by atoms with Crippen LogP contribution in [0, 0.1) is 5.82 Å². The summed E-state index contributed by atoms with van der Waals surface area (Å²) in [6, 6.07) is 10.1. The maximum atomic E-state index is 13.7. The lowest BCUT2D eigenvalue weighted by Crippen LogP contribution is -2.01. The van der Waals surface area contributed by atoms with E-state index < -0.39 is 0 Å². The van der Waals surface area contributed by atoms with Gasteiger partial charge in [-0.25, -0.2) is 9.37 Å². The zero-order valence-corrected chi connectivity index (χ0v) is 13.1. The summed E-state index contributed by atoms with van der Waals surface area (Å²) < 4.78 is 13.7. The third kappa shape index (κ3) is 2.97. The molecular weight excluding hydrogens is 321 g/mol. The van der Waals surface area contributed by atoms with Crippen molar-refractivity contribution in [1.29, 1.82) is 0 Å². The van der Waals surface area contributed by atoms with E-state index in [0.717, 1.165) is 16.7 Å². The first-order valence-corrected chi connectivity index (χ1v) is 7.88. The predicted octanol–water partition coefficient (Wildman–Crippen LogP) is 4.80. The van der Waals surface area contributed by atoms with Gasteiger partial charge >= 0.3 is 0 Å². The number of aromatic nitrogens is 1. The second kappa shape index (κ2) is 6.44.